The van der Waals surface area contributed by atoms with Crippen LogP contribution in [0.25, 0.3) is 0 Å². The first-order valence-corrected chi connectivity index (χ1v) is 4.26. The van der Waals surface area contributed by atoms with Crippen molar-refractivity contribution < 1.29 is 13.9 Å². The van der Waals surface area contributed by atoms with Gasteiger partial charge in [0.1, 0.15) is 12.4 Å². The van der Waals surface area contributed by atoms with Crippen LogP contribution >= 0.6 is 11.6 Å². The number of halogens is 2. The van der Waals surface area contributed by atoms with E-state index in [0.29, 0.717) is 0 Å². The molecule has 0 spiro atoms. The van der Waals surface area contributed by atoms with E-state index in [-0.39, 0.29) is 18.1 Å². The fourth-order valence-electron chi connectivity index (χ4n) is 0.830. The van der Waals surface area contributed by atoms with Crippen molar-refractivity contribution in [2.24, 2.45) is 0 Å². The summed E-state index contributed by atoms with van der Waals surface area (Å²) >= 11 is 5.31. The van der Waals surface area contributed by atoms with Gasteiger partial charge in [-0.1, -0.05) is 6.07 Å². The predicted octanol–water partition coefficient (Wildman–Crippen LogP) is 2.22. The summed E-state index contributed by atoms with van der Waals surface area (Å²) in [5.41, 5.74) is 0.199. The van der Waals surface area contributed by atoms with E-state index in [4.69, 9.17) is 16.3 Å². The molecule has 0 amide bonds. The Morgan fingerprint density at radius 1 is 1.54 bits per heavy atom. The fraction of sp³-hybridized carbons (Fsp3) is 0.222. The molecule has 0 aliphatic carbocycles. The van der Waals surface area contributed by atoms with Crippen molar-refractivity contribution in [3.8, 4) is 0 Å². The number of rotatable bonds is 3. The lowest BCUT2D eigenvalue weighted by Gasteiger charge is -2.01. The van der Waals surface area contributed by atoms with Crippen LogP contribution in [0.15, 0.2) is 24.3 Å². The molecule has 0 atom stereocenters. The van der Waals surface area contributed by atoms with E-state index in [1.165, 1.54) is 18.2 Å². The van der Waals surface area contributed by atoms with Crippen molar-refractivity contribution in [3.63, 3.8) is 0 Å². The Balaban J connectivity index is 2.66. The number of alkyl halides is 1. The molecule has 0 saturated heterocycles. The third-order valence-corrected chi connectivity index (χ3v) is 1.52. The maximum Gasteiger partial charge on any atom is 0.338 e. The number of hydrogen-bond donors (Lipinski definition) is 0. The SMILES string of the molecule is O=C(OCCCl)c1cccc(F)c1. The number of carbonyl (C=O) groups excluding carboxylic acids is 1. The zero-order chi connectivity index (χ0) is 9.68. The summed E-state index contributed by atoms with van der Waals surface area (Å²) < 4.78 is 17.3. The van der Waals surface area contributed by atoms with Gasteiger partial charge >= 0.3 is 5.97 Å². The molecule has 0 saturated carbocycles. The summed E-state index contributed by atoms with van der Waals surface area (Å²) in [5.74, 6) is -0.776. The first kappa shape index (κ1) is 9.99. The second-order valence-electron chi connectivity index (χ2n) is 2.34. The molecule has 13 heavy (non-hydrogen) atoms. The van der Waals surface area contributed by atoms with E-state index < -0.39 is 11.8 Å². The average molecular weight is 203 g/mol. The van der Waals surface area contributed by atoms with Gasteiger partial charge in [-0.25, -0.2) is 9.18 Å². The number of hydrogen-bond acceptors (Lipinski definition) is 2. The minimum absolute atomic E-state index is 0.136. The molecule has 0 radical (unpaired) electrons. The molecule has 0 unspecified atom stereocenters. The van der Waals surface area contributed by atoms with Crippen molar-refractivity contribution >= 4 is 17.6 Å². The van der Waals surface area contributed by atoms with E-state index in [2.05, 4.69) is 0 Å². The van der Waals surface area contributed by atoms with Gasteiger partial charge in [0, 0.05) is 0 Å². The number of carbonyl (C=O) groups is 1. The lowest BCUT2D eigenvalue weighted by Crippen LogP contribution is -2.07. The highest BCUT2D eigenvalue weighted by atomic mass is 35.5. The van der Waals surface area contributed by atoms with Crippen LogP contribution in [0.5, 0.6) is 0 Å². The van der Waals surface area contributed by atoms with Crippen LogP contribution in [0.1, 0.15) is 10.4 Å². The van der Waals surface area contributed by atoms with Crippen LogP contribution in [0, 0.1) is 5.82 Å². The minimum Gasteiger partial charge on any atom is -0.461 e. The molecule has 0 aliphatic heterocycles. The second kappa shape index (κ2) is 4.82. The van der Waals surface area contributed by atoms with Gasteiger partial charge in [0.15, 0.2) is 0 Å². The van der Waals surface area contributed by atoms with Crippen LogP contribution < -0.4 is 0 Å². The summed E-state index contributed by atoms with van der Waals surface area (Å²) in [6.45, 7) is 0.136. The van der Waals surface area contributed by atoms with Crippen molar-refractivity contribution in [3.05, 3.63) is 35.6 Å². The Bertz CT molecular complexity index is 301. The Morgan fingerprint density at radius 3 is 2.92 bits per heavy atom. The summed E-state index contributed by atoms with van der Waals surface area (Å²) in [6.07, 6.45) is 0. The predicted molar refractivity (Wildman–Crippen MR) is 47.4 cm³/mol. The molecule has 1 aromatic carbocycles. The molecule has 0 aliphatic rings. The van der Waals surface area contributed by atoms with Crippen molar-refractivity contribution in [2.45, 2.75) is 0 Å². The molecular formula is C9H8ClFO2. The average Bonchev–Trinajstić information content (AvgIpc) is 2.14. The smallest absolute Gasteiger partial charge is 0.338 e. The first-order chi connectivity index (χ1) is 6.24. The number of benzene rings is 1. The van der Waals surface area contributed by atoms with Gasteiger partial charge in [-0.3, -0.25) is 0 Å². The molecule has 1 aromatic rings. The lowest BCUT2D eigenvalue weighted by molar-refractivity contribution is 0.0528. The Labute approximate surface area is 80.3 Å². The summed E-state index contributed by atoms with van der Waals surface area (Å²) in [7, 11) is 0. The molecule has 0 bridgehead atoms. The van der Waals surface area contributed by atoms with Gasteiger partial charge in [-0.15, -0.1) is 11.6 Å². The van der Waals surface area contributed by atoms with Crippen LogP contribution in [0.3, 0.4) is 0 Å². The lowest BCUT2D eigenvalue weighted by atomic mass is 10.2. The highest BCUT2D eigenvalue weighted by Gasteiger charge is 2.06. The van der Waals surface area contributed by atoms with E-state index in [1.54, 1.807) is 0 Å². The Morgan fingerprint density at radius 2 is 2.31 bits per heavy atom. The first-order valence-electron chi connectivity index (χ1n) is 3.72. The third kappa shape index (κ3) is 3.03. The molecule has 0 aromatic heterocycles. The van der Waals surface area contributed by atoms with Gasteiger partial charge in [0.05, 0.1) is 11.4 Å². The monoisotopic (exact) mass is 202 g/mol. The van der Waals surface area contributed by atoms with Crippen molar-refractivity contribution in [1.29, 1.82) is 0 Å². The maximum atomic E-state index is 12.6. The van der Waals surface area contributed by atoms with Crippen LogP contribution in [-0.2, 0) is 4.74 Å². The highest BCUT2D eigenvalue weighted by molar-refractivity contribution is 6.18. The maximum absolute atomic E-state index is 12.6. The zero-order valence-corrected chi connectivity index (χ0v) is 7.55. The normalized spacial score (nSPS) is 9.69. The molecule has 1 rings (SSSR count). The van der Waals surface area contributed by atoms with E-state index in [0.717, 1.165) is 6.07 Å². The summed E-state index contributed by atoms with van der Waals surface area (Å²) in [4.78, 5) is 11.1. The standard InChI is InChI=1S/C9H8ClFO2/c10-4-5-13-9(12)7-2-1-3-8(11)6-7/h1-3,6H,4-5H2. The molecule has 0 fully saturated rings. The number of ether oxygens (including phenoxy) is 1. The molecule has 70 valence electrons. The third-order valence-electron chi connectivity index (χ3n) is 1.37. The topological polar surface area (TPSA) is 26.3 Å². The van der Waals surface area contributed by atoms with Crippen molar-refractivity contribution in [2.75, 3.05) is 12.5 Å². The molecule has 4 heteroatoms. The quantitative estimate of drug-likeness (QED) is 0.555. The van der Waals surface area contributed by atoms with Gasteiger partial charge in [0.2, 0.25) is 0 Å². The van der Waals surface area contributed by atoms with Crippen molar-refractivity contribution in [1.82, 2.24) is 0 Å². The fourth-order valence-corrected chi connectivity index (χ4v) is 0.907. The minimum atomic E-state index is -0.555. The van der Waals surface area contributed by atoms with Gasteiger partial charge in [-0.05, 0) is 18.2 Å². The second-order valence-corrected chi connectivity index (χ2v) is 2.71. The van der Waals surface area contributed by atoms with Crippen LogP contribution in [0.4, 0.5) is 4.39 Å². The summed E-state index contributed by atoms with van der Waals surface area (Å²) in [6, 6.07) is 5.32. The van der Waals surface area contributed by atoms with Gasteiger partial charge < -0.3 is 4.74 Å². The Hall–Kier alpha value is -1.09. The number of esters is 1. The van der Waals surface area contributed by atoms with Gasteiger partial charge in [-0.2, -0.15) is 0 Å². The largest absolute Gasteiger partial charge is 0.461 e. The van der Waals surface area contributed by atoms with E-state index >= 15 is 0 Å². The molecule has 0 N–H and O–H groups in total. The summed E-state index contributed by atoms with van der Waals surface area (Å²) in [5, 5.41) is 0. The van der Waals surface area contributed by atoms with Crippen LogP contribution in [0.2, 0.25) is 0 Å². The van der Waals surface area contributed by atoms with Gasteiger partial charge in [0.25, 0.3) is 0 Å². The molecule has 0 heterocycles. The molecular weight excluding hydrogens is 195 g/mol. The van der Waals surface area contributed by atoms with Crippen LogP contribution in [-0.4, -0.2) is 18.5 Å². The Kier molecular flexibility index (Phi) is 3.71. The highest BCUT2D eigenvalue weighted by Crippen LogP contribution is 2.04. The van der Waals surface area contributed by atoms with E-state index in [1.807, 2.05) is 0 Å². The van der Waals surface area contributed by atoms with E-state index in [9.17, 15) is 9.18 Å². The molecule has 2 nitrogen and oxygen atoms in total. The zero-order valence-electron chi connectivity index (χ0n) is 6.80.